The van der Waals surface area contributed by atoms with E-state index in [-0.39, 0.29) is 47.7 Å². The minimum absolute atomic E-state index is 0.0000359. The summed E-state index contributed by atoms with van der Waals surface area (Å²) < 4.78 is 49.2. The fourth-order valence-electron chi connectivity index (χ4n) is 5.21. The number of nitrogens with zero attached hydrogens (tertiary/aromatic N) is 3. The van der Waals surface area contributed by atoms with Crippen molar-refractivity contribution in [3.8, 4) is 0 Å². The van der Waals surface area contributed by atoms with Gasteiger partial charge >= 0.3 is 12.1 Å². The minimum Gasteiger partial charge on any atom is -0.481 e. The normalized spacial score (nSPS) is 24.4. The van der Waals surface area contributed by atoms with Crippen LogP contribution in [-0.4, -0.2) is 56.3 Å². The lowest BCUT2D eigenvalue weighted by Gasteiger charge is -2.34. The fourth-order valence-corrected chi connectivity index (χ4v) is 5.78. The number of amides is 1. The summed E-state index contributed by atoms with van der Waals surface area (Å²) in [6.45, 7) is 1.95. The molecule has 1 aliphatic carbocycles. The molecule has 1 amide bonds. The van der Waals surface area contributed by atoms with Gasteiger partial charge in [-0.15, -0.1) is 0 Å². The summed E-state index contributed by atoms with van der Waals surface area (Å²) in [5, 5.41) is 15.9. The molecule has 2 aliphatic rings. The van der Waals surface area contributed by atoms with Gasteiger partial charge in [0.2, 0.25) is 0 Å². The van der Waals surface area contributed by atoms with Gasteiger partial charge in [-0.1, -0.05) is 23.2 Å². The summed E-state index contributed by atoms with van der Waals surface area (Å²) in [5.41, 5.74) is -2.93. The van der Waals surface area contributed by atoms with Crippen molar-refractivity contribution in [2.45, 2.75) is 76.2 Å². The maximum absolute atomic E-state index is 14.2. The molecule has 212 valence electrons. The summed E-state index contributed by atoms with van der Waals surface area (Å²) in [5.74, 6) is -2.58. The third-order valence-electron chi connectivity index (χ3n) is 7.50. The predicted molar refractivity (Wildman–Crippen MR) is 134 cm³/mol. The van der Waals surface area contributed by atoms with Gasteiger partial charge in [0.25, 0.3) is 5.91 Å². The van der Waals surface area contributed by atoms with Crippen molar-refractivity contribution in [1.82, 2.24) is 20.1 Å². The first-order valence-electron chi connectivity index (χ1n) is 12.4. The number of carbonyl (C=O) groups excluding carboxylic acids is 2. The molecule has 1 saturated carbocycles. The molecule has 0 bridgehead atoms. The van der Waals surface area contributed by atoms with Gasteiger partial charge in [-0.2, -0.15) is 18.3 Å². The largest absolute Gasteiger partial charge is 0.481 e. The average molecular weight is 591 g/mol. The van der Waals surface area contributed by atoms with E-state index >= 15 is 0 Å². The second-order valence-electron chi connectivity index (χ2n) is 10.2. The number of hydrogen-bond acceptors (Lipinski definition) is 6. The van der Waals surface area contributed by atoms with E-state index in [0.717, 1.165) is 10.9 Å². The van der Waals surface area contributed by atoms with E-state index in [9.17, 15) is 32.7 Å². The Kier molecular flexibility index (Phi) is 8.58. The van der Waals surface area contributed by atoms with E-state index in [1.165, 1.54) is 12.4 Å². The number of carbonyl (C=O) groups is 3. The van der Waals surface area contributed by atoms with E-state index in [0.29, 0.717) is 19.4 Å². The molecule has 39 heavy (non-hydrogen) atoms. The van der Waals surface area contributed by atoms with Crippen LogP contribution in [0.15, 0.2) is 18.6 Å². The van der Waals surface area contributed by atoms with Crippen molar-refractivity contribution in [2.75, 3.05) is 6.61 Å². The van der Waals surface area contributed by atoms with Crippen molar-refractivity contribution in [3.05, 3.63) is 45.5 Å². The molecular formula is C25H27Cl2F3N4O5. The lowest BCUT2D eigenvalue weighted by molar-refractivity contribution is -0.152. The van der Waals surface area contributed by atoms with Crippen LogP contribution in [-0.2, 0) is 15.7 Å². The molecule has 1 aliphatic heterocycles. The molecule has 9 nitrogen and oxygen atoms in total. The zero-order chi connectivity index (χ0) is 28.5. The predicted octanol–water partition coefficient (Wildman–Crippen LogP) is 5.36. The number of rotatable bonds is 8. The highest BCUT2D eigenvalue weighted by molar-refractivity contribution is 6.39. The standard InChI is InChI=1S/C25H27Cl2F3N4O5/c1-24(23(37)38)6-4-13(5-7-24)34-21(25(28,29)30)14(10-32-34)22(36)33-17(19-3-2-8-39-19)9-18(35)20-15(26)11-31-12-16(20)27/h10-13,17,19H,2-9H2,1H3,(H,33,36)(H,37,38). The summed E-state index contributed by atoms with van der Waals surface area (Å²) in [6.07, 6.45) is -0.661. The molecule has 0 spiro atoms. The number of aromatic nitrogens is 3. The van der Waals surface area contributed by atoms with Crippen molar-refractivity contribution in [1.29, 1.82) is 0 Å². The van der Waals surface area contributed by atoms with Crippen LogP contribution >= 0.6 is 23.2 Å². The highest BCUT2D eigenvalue weighted by Gasteiger charge is 2.45. The van der Waals surface area contributed by atoms with Gasteiger partial charge < -0.3 is 15.2 Å². The van der Waals surface area contributed by atoms with Gasteiger partial charge in [-0.3, -0.25) is 24.0 Å². The highest BCUT2D eigenvalue weighted by Crippen LogP contribution is 2.43. The Balaban J connectivity index is 1.59. The topological polar surface area (TPSA) is 123 Å². The third-order valence-corrected chi connectivity index (χ3v) is 8.07. The number of pyridine rings is 1. The average Bonchev–Trinajstić information content (AvgIpc) is 3.54. The zero-order valence-corrected chi connectivity index (χ0v) is 22.4. The molecule has 1 saturated heterocycles. The molecule has 4 rings (SSSR count). The Morgan fingerprint density at radius 1 is 1.18 bits per heavy atom. The van der Waals surface area contributed by atoms with Crippen molar-refractivity contribution in [2.24, 2.45) is 5.41 Å². The van der Waals surface area contributed by atoms with Crippen molar-refractivity contribution < 1.29 is 37.4 Å². The summed E-state index contributed by atoms with van der Waals surface area (Å²) in [6, 6.07) is -1.68. The number of aliphatic carboxylic acids is 1. The van der Waals surface area contributed by atoms with Gasteiger partial charge in [-0.05, 0) is 45.4 Å². The van der Waals surface area contributed by atoms with Gasteiger partial charge in [0, 0.05) is 25.4 Å². The molecule has 0 aromatic carbocycles. The number of nitrogens with one attached hydrogen (secondary N) is 1. The molecule has 2 aromatic rings. The molecule has 2 aromatic heterocycles. The van der Waals surface area contributed by atoms with Crippen LogP contribution in [0, 0.1) is 5.41 Å². The Hall–Kier alpha value is -2.70. The molecule has 2 atom stereocenters. The van der Waals surface area contributed by atoms with Crippen molar-refractivity contribution in [3.63, 3.8) is 0 Å². The number of alkyl halides is 3. The number of carboxylic acids is 1. The lowest BCUT2D eigenvalue weighted by atomic mass is 9.74. The van der Waals surface area contributed by atoms with Gasteiger partial charge in [0.05, 0.1) is 51.0 Å². The maximum Gasteiger partial charge on any atom is 0.433 e. The van der Waals surface area contributed by atoms with E-state index in [1.54, 1.807) is 6.92 Å². The Bertz CT molecular complexity index is 1230. The Morgan fingerprint density at radius 2 is 1.82 bits per heavy atom. The summed E-state index contributed by atoms with van der Waals surface area (Å²) in [4.78, 5) is 41.7. The number of Topliss-reactive ketones (excluding diaryl/α,β-unsaturated/α-hetero) is 1. The van der Waals surface area contributed by atoms with Gasteiger partial charge in [0.15, 0.2) is 11.5 Å². The maximum atomic E-state index is 14.2. The fraction of sp³-hybridized carbons (Fsp3) is 0.560. The van der Waals surface area contributed by atoms with Crippen LogP contribution in [0.25, 0.3) is 0 Å². The monoisotopic (exact) mass is 590 g/mol. The smallest absolute Gasteiger partial charge is 0.433 e. The molecule has 3 heterocycles. The van der Waals surface area contributed by atoms with E-state index in [1.807, 2.05) is 0 Å². The van der Waals surface area contributed by atoms with Crippen LogP contribution in [0.4, 0.5) is 13.2 Å². The van der Waals surface area contributed by atoms with E-state index < -0.39 is 58.7 Å². The van der Waals surface area contributed by atoms with Crippen LogP contribution in [0.5, 0.6) is 0 Å². The number of halogens is 5. The number of carboxylic acid groups (broad SMARTS) is 1. The van der Waals surface area contributed by atoms with Crippen LogP contribution < -0.4 is 5.32 Å². The van der Waals surface area contributed by atoms with Crippen LogP contribution in [0.3, 0.4) is 0 Å². The first kappa shape index (κ1) is 29.3. The minimum atomic E-state index is -4.91. The Morgan fingerprint density at radius 3 is 2.36 bits per heavy atom. The molecule has 14 heteroatoms. The SMILES string of the molecule is CC1(C(=O)O)CCC(n2ncc(C(=O)NC(CC(=O)c3c(Cl)cncc3Cl)C3CCCO3)c2C(F)(F)F)CC1. The summed E-state index contributed by atoms with van der Waals surface area (Å²) >= 11 is 12.2. The molecule has 2 unspecified atom stereocenters. The van der Waals surface area contributed by atoms with E-state index in [4.69, 9.17) is 27.9 Å². The molecular weight excluding hydrogens is 564 g/mol. The van der Waals surface area contributed by atoms with Gasteiger partial charge in [-0.25, -0.2) is 0 Å². The Labute approximate surface area is 232 Å². The summed E-state index contributed by atoms with van der Waals surface area (Å²) in [7, 11) is 0. The second-order valence-corrected chi connectivity index (χ2v) is 11.0. The molecule has 2 fully saturated rings. The first-order valence-corrected chi connectivity index (χ1v) is 13.2. The van der Waals surface area contributed by atoms with Crippen molar-refractivity contribution >= 4 is 40.9 Å². The lowest BCUT2D eigenvalue weighted by Crippen LogP contribution is -2.45. The molecule has 0 radical (unpaired) electrons. The number of ether oxygens (including phenoxy) is 1. The first-order chi connectivity index (χ1) is 18.3. The zero-order valence-electron chi connectivity index (χ0n) is 20.9. The second kappa shape index (κ2) is 11.4. The van der Waals surface area contributed by atoms with Crippen LogP contribution in [0.1, 0.15) is 84.3 Å². The van der Waals surface area contributed by atoms with Gasteiger partial charge in [0.1, 0.15) is 0 Å². The quantitative estimate of drug-likeness (QED) is 0.396. The number of ketones is 1. The third kappa shape index (κ3) is 6.22. The van der Waals surface area contributed by atoms with E-state index in [2.05, 4.69) is 15.4 Å². The number of hydrogen-bond donors (Lipinski definition) is 2. The molecule has 2 N–H and O–H groups in total. The van der Waals surface area contributed by atoms with Crippen LogP contribution in [0.2, 0.25) is 10.0 Å². The highest BCUT2D eigenvalue weighted by atomic mass is 35.5.